The highest BCUT2D eigenvalue weighted by Crippen LogP contribution is 2.31. The Morgan fingerprint density at radius 2 is 1.87 bits per heavy atom. The summed E-state index contributed by atoms with van der Waals surface area (Å²) in [7, 11) is 2.09. The molecule has 1 saturated heterocycles. The smallest absolute Gasteiger partial charge is 0.323 e. The van der Waals surface area contributed by atoms with Crippen LogP contribution >= 0.6 is 0 Å². The zero-order valence-corrected chi connectivity index (χ0v) is 14.2. The van der Waals surface area contributed by atoms with Crippen LogP contribution < -0.4 is 10.2 Å². The molecule has 6 heteroatoms. The van der Waals surface area contributed by atoms with Crippen molar-refractivity contribution in [3.8, 4) is 0 Å². The number of likely N-dealkylation sites (N-methyl/N-ethyl adjacent to an activating group) is 1. The minimum atomic E-state index is -0.148. The highest BCUT2D eigenvalue weighted by molar-refractivity contribution is 6.09. The second-order valence-corrected chi connectivity index (χ2v) is 6.71. The van der Waals surface area contributed by atoms with E-state index in [1.54, 1.807) is 4.90 Å². The number of carbonyl (C=O) groups is 2. The van der Waals surface area contributed by atoms with Gasteiger partial charge in [-0.05, 0) is 45.5 Å². The number of hydrogen-bond acceptors (Lipinski definition) is 3. The van der Waals surface area contributed by atoms with E-state index in [0.717, 1.165) is 11.3 Å². The number of amides is 3. The molecule has 1 aromatic rings. The van der Waals surface area contributed by atoms with Crippen LogP contribution in [0.4, 0.5) is 16.2 Å². The predicted octanol–water partition coefficient (Wildman–Crippen LogP) is 1.90. The quantitative estimate of drug-likeness (QED) is 0.795. The first-order chi connectivity index (χ1) is 10.9. The van der Waals surface area contributed by atoms with Crippen molar-refractivity contribution in [2.75, 3.05) is 36.9 Å². The van der Waals surface area contributed by atoms with Crippen molar-refractivity contribution in [3.05, 3.63) is 23.8 Å². The molecule has 1 N–H and O–H groups in total. The number of fused-ring (bicyclic) bond motifs is 1. The lowest BCUT2D eigenvalue weighted by Gasteiger charge is -2.44. The Morgan fingerprint density at radius 1 is 1.22 bits per heavy atom. The van der Waals surface area contributed by atoms with E-state index in [-0.39, 0.29) is 18.5 Å². The first-order valence-corrected chi connectivity index (χ1v) is 8.05. The molecule has 0 aromatic heterocycles. The zero-order valence-electron chi connectivity index (χ0n) is 14.2. The summed E-state index contributed by atoms with van der Waals surface area (Å²) in [6, 6.07) is 6.27. The van der Waals surface area contributed by atoms with Crippen LogP contribution in [0.15, 0.2) is 18.2 Å². The lowest BCUT2D eigenvalue weighted by Crippen LogP contribution is -2.60. The number of nitrogens with zero attached hydrogens (tertiary/aromatic N) is 3. The molecule has 2 atom stereocenters. The summed E-state index contributed by atoms with van der Waals surface area (Å²) in [5, 5.41) is 2.84. The summed E-state index contributed by atoms with van der Waals surface area (Å²) in [5.41, 5.74) is 2.56. The van der Waals surface area contributed by atoms with Gasteiger partial charge in [0, 0.05) is 25.2 Å². The molecule has 3 rings (SSSR count). The van der Waals surface area contributed by atoms with Gasteiger partial charge in [-0.25, -0.2) is 4.79 Å². The number of aryl methyl sites for hydroxylation is 1. The molecule has 2 heterocycles. The molecular weight excluding hydrogens is 292 g/mol. The third-order valence-corrected chi connectivity index (χ3v) is 4.88. The summed E-state index contributed by atoms with van der Waals surface area (Å²) in [5.74, 6) is -0.148. The number of nitrogens with one attached hydrogen (secondary N) is 1. The number of piperazine rings is 1. The highest BCUT2D eigenvalue weighted by atomic mass is 16.2. The second kappa shape index (κ2) is 5.85. The molecule has 0 radical (unpaired) electrons. The predicted molar refractivity (Wildman–Crippen MR) is 90.8 cm³/mol. The molecular formula is C17H24N4O2. The average molecular weight is 316 g/mol. The van der Waals surface area contributed by atoms with Gasteiger partial charge in [0.05, 0.1) is 11.4 Å². The number of benzene rings is 1. The summed E-state index contributed by atoms with van der Waals surface area (Å²) in [6.07, 6.45) is 0. The normalized spacial score (nSPS) is 25.1. The minimum Gasteiger partial charge on any atom is -0.323 e. The number of hydrogen-bond donors (Lipinski definition) is 1. The van der Waals surface area contributed by atoms with Gasteiger partial charge in [-0.2, -0.15) is 0 Å². The van der Waals surface area contributed by atoms with Crippen molar-refractivity contribution in [1.29, 1.82) is 0 Å². The standard InChI is InChI=1S/C17H24N4O2/c1-11-5-6-14-15(7-11)21(10-16(22)18-14)17(23)20-8-12(2)19(4)13(3)9-20/h5-7,12-13H,8-10H2,1-4H3,(H,18,22)/t12-,13+. The van der Waals surface area contributed by atoms with E-state index in [1.807, 2.05) is 30.0 Å². The molecule has 0 spiro atoms. The van der Waals surface area contributed by atoms with Crippen molar-refractivity contribution in [2.45, 2.75) is 32.9 Å². The Bertz CT molecular complexity index is 633. The zero-order chi connectivity index (χ0) is 16.7. The molecule has 0 bridgehead atoms. The van der Waals surface area contributed by atoms with Gasteiger partial charge >= 0.3 is 6.03 Å². The van der Waals surface area contributed by atoms with E-state index < -0.39 is 0 Å². The number of carbonyl (C=O) groups excluding carboxylic acids is 2. The molecule has 0 unspecified atom stereocenters. The minimum absolute atomic E-state index is 0.0738. The first-order valence-electron chi connectivity index (χ1n) is 8.05. The van der Waals surface area contributed by atoms with Crippen LogP contribution in [0.1, 0.15) is 19.4 Å². The summed E-state index contributed by atoms with van der Waals surface area (Å²) in [4.78, 5) is 30.7. The fourth-order valence-electron chi connectivity index (χ4n) is 3.29. The summed E-state index contributed by atoms with van der Waals surface area (Å²) < 4.78 is 0. The molecule has 6 nitrogen and oxygen atoms in total. The van der Waals surface area contributed by atoms with Crippen LogP contribution in [-0.4, -0.2) is 60.5 Å². The molecule has 124 valence electrons. The number of anilines is 2. The van der Waals surface area contributed by atoms with Crippen LogP contribution in [0.3, 0.4) is 0 Å². The fourth-order valence-corrected chi connectivity index (χ4v) is 3.29. The van der Waals surface area contributed by atoms with Gasteiger partial charge in [0.15, 0.2) is 0 Å². The molecule has 2 aliphatic heterocycles. The highest BCUT2D eigenvalue weighted by Gasteiger charge is 2.35. The summed E-state index contributed by atoms with van der Waals surface area (Å²) >= 11 is 0. The largest absolute Gasteiger partial charge is 0.325 e. The molecule has 23 heavy (non-hydrogen) atoms. The van der Waals surface area contributed by atoms with Gasteiger partial charge in [0.1, 0.15) is 6.54 Å². The van der Waals surface area contributed by atoms with E-state index in [0.29, 0.717) is 30.9 Å². The molecule has 1 aromatic carbocycles. The van der Waals surface area contributed by atoms with Crippen molar-refractivity contribution in [2.24, 2.45) is 0 Å². The maximum atomic E-state index is 13.0. The SMILES string of the molecule is Cc1ccc2c(c1)N(C(=O)N1C[C@@H](C)N(C)[C@@H](C)C1)CC(=O)N2. The number of urea groups is 1. The lowest BCUT2D eigenvalue weighted by molar-refractivity contribution is -0.115. The number of rotatable bonds is 0. The van der Waals surface area contributed by atoms with Gasteiger partial charge in [-0.1, -0.05) is 6.07 Å². The van der Waals surface area contributed by atoms with Crippen molar-refractivity contribution >= 4 is 23.3 Å². The maximum absolute atomic E-state index is 13.0. The van der Waals surface area contributed by atoms with Gasteiger partial charge < -0.3 is 10.2 Å². The molecule has 0 aliphatic carbocycles. The molecule has 2 aliphatic rings. The van der Waals surface area contributed by atoms with Crippen LogP contribution in [0.25, 0.3) is 0 Å². The average Bonchev–Trinajstić information content (AvgIpc) is 2.51. The van der Waals surface area contributed by atoms with Gasteiger partial charge in [-0.15, -0.1) is 0 Å². The van der Waals surface area contributed by atoms with Crippen LogP contribution in [0.2, 0.25) is 0 Å². The van der Waals surface area contributed by atoms with Crippen molar-refractivity contribution in [3.63, 3.8) is 0 Å². The topological polar surface area (TPSA) is 55.9 Å². The van der Waals surface area contributed by atoms with Crippen LogP contribution in [-0.2, 0) is 4.79 Å². The van der Waals surface area contributed by atoms with Gasteiger partial charge in [-0.3, -0.25) is 14.6 Å². The third-order valence-electron chi connectivity index (χ3n) is 4.88. The molecule has 1 fully saturated rings. The fraction of sp³-hybridized carbons (Fsp3) is 0.529. The van der Waals surface area contributed by atoms with E-state index in [1.165, 1.54) is 0 Å². The third kappa shape index (κ3) is 2.91. The van der Waals surface area contributed by atoms with E-state index in [2.05, 4.69) is 31.1 Å². The first kappa shape index (κ1) is 15.8. The second-order valence-electron chi connectivity index (χ2n) is 6.71. The molecule has 0 saturated carbocycles. The molecule has 3 amide bonds. The van der Waals surface area contributed by atoms with Crippen LogP contribution in [0, 0.1) is 6.92 Å². The Balaban J connectivity index is 1.88. The van der Waals surface area contributed by atoms with Gasteiger partial charge in [0.2, 0.25) is 5.91 Å². The summed E-state index contributed by atoms with van der Waals surface area (Å²) in [6.45, 7) is 7.66. The monoisotopic (exact) mass is 316 g/mol. The van der Waals surface area contributed by atoms with E-state index in [4.69, 9.17) is 0 Å². The lowest BCUT2D eigenvalue weighted by atomic mass is 10.1. The van der Waals surface area contributed by atoms with Crippen molar-refractivity contribution < 1.29 is 9.59 Å². The van der Waals surface area contributed by atoms with Gasteiger partial charge in [0.25, 0.3) is 0 Å². The maximum Gasteiger partial charge on any atom is 0.325 e. The Hall–Kier alpha value is -2.08. The van der Waals surface area contributed by atoms with E-state index in [9.17, 15) is 9.59 Å². The van der Waals surface area contributed by atoms with Crippen LogP contribution in [0.5, 0.6) is 0 Å². The van der Waals surface area contributed by atoms with Crippen molar-refractivity contribution in [1.82, 2.24) is 9.80 Å². The van der Waals surface area contributed by atoms with E-state index >= 15 is 0 Å². The Morgan fingerprint density at radius 3 is 2.52 bits per heavy atom. The Labute approximate surface area is 137 Å². The Kier molecular flexibility index (Phi) is 4.02.